The molecule has 0 aliphatic rings. The van der Waals surface area contributed by atoms with Crippen molar-refractivity contribution < 1.29 is 13.9 Å². The third-order valence-corrected chi connectivity index (χ3v) is 3.86. The van der Waals surface area contributed by atoms with E-state index in [1.54, 1.807) is 32.9 Å². The zero-order valence-electron chi connectivity index (χ0n) is 13.3. The first-order chi connectivity index (χ1) is 11.8. The minimum Gasteiger partial charge on any atom is -0.493 e. The molecule has 6 nitrogen and oxygen atoms in total. The molecule has 3 heterocycles. The molecule has 0 spiro atoms. The van der Waals surface area contributed by atoms with Gasteiger partial charge in [0.05, 0.1) is 44.3 Å². The van der Waals surface area contributed by atoms with Crippen LogP contribution in [0.25, 0.3) is 28.2 Å². The van der Waals surface area contributed by atoms with Crippen LogP contribution >= 0.6 is 0 Å². The van der Waals surface area contributed by atoms with Gasteiger partial charge in [-0.25, -0.2) is 9.50 Å². The summed E-state index contributed by atoms with van der Waals surface area (Å²) in [5, 5.41) is 4.67. The van der Waals surface area contributed by atoms with Gasteiger partial charge in [0.25, 0.3) is 0 Å². The van der Waals surface area contributed by atoms with Gasteiger partial charge in [0, 0.05) is 11.1 Å². The largest absolute Gasteiger partial charge is 0.493 e. The van der Waals surface area contributed by atoms with Crippen LogP contribution in [0.4, 0.5) is 0 Å². The molecule has 0 amide bonds. The number of ether oxygens (including phenoxy) is 2. The van der Waals surface area contributed by atoms with Crippen LogP contribution in [0.15, 0.2) is 59.5 Å². The second-order valence-electron chi connectivity index (χ2n) is 5.21. The molecule has 0 aliphatic heterocycles. The highest BCUT2D eigenvalue weighted by Crippen LogP contribution is 2.32. The number of furan rings is 1. The van der Waals surface area contributed by atoms with Crippen molar-refractivity contribution in [2.75, 3.05) is 14.2 Å². The topological polar surface area (TPSA) is 61.8 Å². The molecule has 24 heavy (non-hydrogen) atoms. The summed E-state index contributed by atoms with van der Waals surface area (Å²) in [6, 6.07) is 11.5. The van der Waals surface area contributed by atoms with Crippen LogP contribution in [0.5, 0.6) is 11.5 Å². The van der Waals surface area contributed by atoms with Crippen LogP contribution in [-0.2, 0) is 0 Å². The first-order valence-corrected chi connectivity index (χ1v) is 7.40. The Kier molecular flexibility index (Phi) is 3.42. The van der Waals surface area contributed by atoms with E-state index in [1.165, 1.54) is 0 Å². The average Bonchev–Trinajstić information content (AvgIpc) is 3.30. The number of fused-ring (bicyclic) bond motifs is 1. The fraction of sp³-hybridized carbons (Fsp3) is 0.111. The molecule has 0 bridgehead atoms. The SMILES string of the molecule is COc1ccc(-c2cnc3ccc(-c4ccoc4)nn23)cc1OC. The molecule has 120 valence electrons. The summed E-state index contributed by atoms with van der Waals surface area (Å²) >= 11 is 0. The van der Waals surface area contributed by atoms with Gasteiger partial charge in [0.1, 0.15) is 0 Å². The van der Waals surface area contributed by atoms with E-state index in [4.69, 9.17) is 13.9 Å². The lowest BCUT2D eigenvalue weighted by atomic mass is 10.1. The minimum atomic E-state index is 0.663. The van der Waals surface area contributed by atoms with Crippen molar-refractivity contribution in [2.24, 2.45) is 0 Å². The standard InChI is InChI=1S/C18H15N3O3/c1-22-16-5-3-12(9-17(16)23-2)15-10-19-18-6-4-14(20-21(15)18)13-7-8-24-11-13/h3-11H,1-2H3. The number of rotatable bonds is 4. The van der Waals surface area contributed by atoms with E-state index in [1.807, 2.05) is 40.9 Å². The van der Waals surface area contributed by atoms with Crippen molar-refractivity contribution in [1.29, 1.82) is 0 Å². The van der Waals surface area contributed by atoms with Crippen LogP contribution in [0.1, 0.15) is 0 Å². The molecule has 0 unspecified atom stereocenters. The van der Waals surface area contributed by atoms with Crippen LogP contribution in [0.2, 0.25) is 0 Å². The Morgan fingerprint density at radius 2 is 1.83 bits per heavy atom. The average molecular weight is 321 g/mol. The summed E-state index contributed by atoms with van der Waals surface area (Å²) in [7, 11) is 3.23. The first-order valence-electron chi connectivity index (χ1n) is 7.40. The summed E-state index contributed by atoms with van der Waals surface area (Å²) in [5.41, 5.74) is 4.32. The Bertz CT molecular complexity index is 990. The predicted molar refractivity (Wildman–Crippen MR) is 89.2 cm³/mol. The van der Waals surface area contributed by atoms with Crippen molar-refractivity contribution in [2.45, 2.75) is 0 Å². The van der Waals surface area contributed by atoms with Crippen LogP contribution < -0.4 is 9.47 Å². The molecule has 3 aromatic heterocycles. The van der Waals surface area contributed by atoms with Gasteiger partial charge in [-0.15, -0.1) is 0 Å². The molecular weight excluding hydrogens is 306 g/mol. The molecule has 0 aliphatic carbocycles. The maximum Gasteiger partial charge on any atom is 0.161 e. The highest BCUT2D eigenvalue weighted by atomic mass is 16.5. The molecule has 6 heteroatoms. The zero-order valence-corrected chi connectivity index (χ0v) is 13.3. The first kappa shape index (κ1) is 14.3. The van der Waals surface area contributed by atoms with Crippen LogP contribution in [0.3, 0.4) is 0 Å². The monoisotopic (exact) mass is 321 g/mol. The number of methoxy groups -OCH3 is 2. The number of aromatic nitrogens is 3. The van der Waals surface area contributed by atoms with E-state index in [0.717, 1.165) is 28.2 Å². The maximum atomic E-state index is 5.38. The molecule has 0 fully saturated rings. The quantitative estimate of drug-likeness (QED) is 0.574. The molecule has 4 aromatic rings. The second kappa shape index (κ2) is 5.73. The molecule has 0 saturated heterocycles. The number of benzene rings is 1. The molecule has 0 atom stereocenters. The fourth-order valence-electron chi connectivity index (χ4n) is 2.63. The Labute approximate surface area is 138 Å². The van der Waals surface area contributed by atoms with Gasteiger partial charge in [-0.1, -0.05) is 0 Å². The smallest absolute Gasteiger partial charge is 0.161 e. The summed E-state index contributed by atoms with van der Waals surface area (Å²) in [4.78, 5) is 4.42. The number of hydrogen-bond donors (Lipinski definition) is 0. The summed E-state index contributed by atoms with van der Waals surface area (Å²) in [6.07, 6.45) is 5.09. The number of hydrogen-bond acceptors (Lipinski definition) is 5. The van der Waals surface area contributed by atoms with Gasteiger partial charge < -0.3 is 13.9 Å². The lowest BCUT2D eigenvalue weighted by molar-refractivity contribution is 0.355. The summed E-state index contributed by atoms with van der Waals surface area (Å²) in [6.45, 7) is 0. The predicted octanol–water partition coefficient (Wildman–Crippen LogP) is 3.67. The molecule has 0 radical (unpaired) electrons. The Hall–Kier alpha value is -3.28. The molecule has 4 rings (SSSR count). The van der Waals surface area contributed by atoms with E-state index in [9.17, 15) is 0 Å². The third-order valence-electron chi connectivity index (χ3n) is 3.86. The maximum absolute atomic E-state index is 5.38. The molecular formula is C18H15N3O3. The van der Waals surface area contributed by atoms with Crippen molar-refractivity contribution in [3.05, 3.63) is 55.1 Å². The molecule has 1 aromatic carbocycles. The highest BCUT2D eigenvalue weighted by Gasteiger charge is 2.12. The normalized spacial score (nSPS) is 10.9. The summed E-state index contributed by atoms with van der Waals surface area (Å²) < 4.78 is 17.6. The van der Waals surface area contributed by atoms with E-state index in [2.05, 4.69) is 10.1 Å². The van der Waals surface area contributed by atoms with E-state index < -0.39 is 0 Å². The summed E-state index contributed by atoms with van der Waals surface area (Å²) in [5.74, 6) is 1.35. The Morgan fingerprint density at radius 3 is 2.58 bits per heavy atom. The van der Waals surface area contributed by atoms with Gasteiger partial charge in [-0.2, -0.15) is 5.10 Å². The van der Waals surface area contributed by atoms with Crippen LogP contribution in [0, 0.1) is 0 Å². The van der Waals surface area contributed by atoms with Gasteiger partial charge in [0.15, 0.2) is 17.1 Å². The second-order valence-corrected chi connectivity index (χ2v) is 5.21. The van der Waals surface area contributed by atoms with Crippen molar-refractivity contribution in [1.82, 2.24) is 14.6 Å². The van der Waals surface area contributed by atoms with Crippen molar-refractivity contribution in [3.8, 4) is 34.0 Å². The fourth-order valence-corrected chi connectivity index (χ4v) is 2.63. The van der Waals surface area contributed by atoms with Gasteiger partial charge in [0.2, 0.25) is 0 Å². The zero-order chi connectivity index (χ0) is 16.5. The van der Waals surface area contributed by atoms with E-state index in [0.29, 0.717) is 11.5 Å². The van der Waals surface area contributed by atoms with Gasteiger partial charge in [-0.3, -0.25) is 0 Å². The molecule has 0 N–H and O–H groups in total. The van der Waals surface area contributed by atoms with Gasteiger partial charge in [-0.05, 0) is 36.4 Å². The minimum absolute atomic E-state index is 0.663. The van der Waals surface area contributed by atoms with E-state index >= 15 is 0 Å². The van der Waals surface area contributed by atoms with Crippen LogP contribution in [-0.4, -0.2) is 28.8 Å². The Balaban J connectivity index is 1.86. The van der Waals surface area contributed by atoms with Crippen molar-refractivity contribution >= 4 is 5.65 Å². The van der Waals surface area contributed by atoms with E-state index in [-0.39, 0.29) is 0 Å². The van der Waals surface area contributed by atoms with Crippen molar-refractivity contribution in [3.63, 3.8) is 0 Å². The third kappa shape index (κ3) is 2.28. The van der Waals surface area contributed by atoms with Gasteiger partial charge >= 0.3 is 0 Å². The highest BCUT2D eigenvalue weighted by molar-refractivity contribution is 5.68. The number of imidazole rings is 1. The number of nitrogens with zero attached hydrogens (tertiary/aromatic N) is 3. The lowest BCUT2D eigenvalue weighted by Crippen LogP contribution is -1.97. The lowest BCUT2D eigenvalue weighted by Gasteiger charge is -2.09. The molecule has 0 saturated carbocycles. The Morgan fingerprint density at radius 1 is 0.958 bits per heavy atom.